The molecule has 0 aromatic heterocycles. The van der Waals surface area contributed by atoms with Gasteiger partial charge in [0.25, 0.3) is 0 Å². The van der Waals surface area contributed by atoms with Crippen molar-refractivity contribution >= 4 is 81.7 Å². The molecule has 0 bridgehead atoms. The zero-order chi connectivity index (χ0) is 6.41. The van der Waals surface area contributed by atoms with Gasteiger partial charge in [-0.3, -0.25) is 0 Å². The quantitative estimate of drug-likeness (QED) is 0.372. The topological polar surface area (TPSA) is 0 Å². The standard InChI is InChI=1S/6BrH.Na.Rh/h6*1H;;/q;;;;;;+1;+6/p-6. The summed E-state index contributed by atoms with van der Waals surface area (Å²) in [5, 5.41) is 0. The molecule has 0 unspecified atom stereocenters. The van der Waals surface area contributed by atoms with E-state index in [0.717, 1.165) is 0 Å². The van der Waals surface area contributed by atoms with Gasteiger partial charge in [0.1, 0.15) is 0 Å². The predicted molar refractivity (Wildman–Crippen MR) is 53.6 cm³/mol. The van der Waals surface area contributed by atoms with E-state index >= 15 is 0 Å². The summed E-state index contributed by atoms with van der Waals surface area (Å²) < 4.78 is -3.11. The molecule has 0 spiro atoms. The van der Waals surface area contributed by atoms with E-state index in [9.17, 15) is 0 Å². The van der Waals surface area contributed by atoms with Crippen LogP contribution in [0.4, 0.5) is 0 Å². The first-order chi connectivity index (χ1) is 2.45. The first-order valence-corrected chi connectivity index (χ1v) is 23.2. The Kier molecular flexibility index (Phi) is 6.25. The van der Waals surface area contributed by atoms with Gasteiger partial charge in [-0.05, 0) is 0 Å². The Morgan fingerprint density at radius 2 is 0.625 bits per heavy atom. The molecule has 51 valence electrons. The summed E-state index contributed by atoms with van der Waals surface area (Å²) in [5.74, 6) is 0. The summed E-state index contributed by atoms with van der Waals surface area (Å²) in [6.45, 7) is 0. The van der Waals surface area contributed by atoms with E-state index in [1.807, 2.05) is 0 Å². The molecule has 0 saturated carbocycles. The minimum Gasteiger partial charge on any atom is 1.00 e. The van der Waals surface area contributed by atoms with Gasteiger partial charge in [0, 0.05) is 0 Å². The van der Waals surface area contributed by atoms with Crippen LogP contribution in [0.5, 0.6) is 0 Å². The first-order valence-electron chi connectivity index (χ1n) is 0.756. The van der Waals surface area contributed by atoms with Crippen molar-refractivity contribution in [1.29, 1.82) is 0 Å². The second-order valence-electron chi connectivity index (χ2n) is 0.714. The van der Waals surface area contributed by atoms with E-state index in [-0.39, 0.29) is 29.6 Å². The minimum atomic E-state index is -3.11. The molecule has 0 aliphatic heterocycles. The fraction of sp³-hybridized carbons (Fsp3) is 0. The number of hydrogen-bond acceptors (Lipinski definition) is 0. The van der Waals surface area contributed by atoms with Crippen molar-refractivity contribution in [2.45, 2.75) is 0 Å². The van der Waals surface area contributed by atoms with Gasteiger partial charge in [-0.25, -0.2) is 0 Å². The molecule has 8 heavy (non-hydrogen) atoms. The van der Waals surface area contributed by atoms with Gasteiger partial charge in [0.2, 0.25) is 0 Å². The summed E-state index contributed by atoms with van der Waals surface area (Å²) in [7, 11) is 0. The van der Waals surface area contributed by atoms with Crippen molar-refractivity contribution in [3.05, 3.63) is 0 Å². The van der Waals surface area contributed by atoms with Gasteiger partial charge in [-0.15, -0.1) is 0 Å². The molecule has 0 aliphatic rings. The fourth-order valence-electron chi connectivity index (χ4n) is 0. The second kappa shape index (κ2) is 3.34. The molecule has 0 aromatic rings. The van der Waals surface area contributed by atoms with Gasteiger partial charge in [-0.1, -0.05) is 0 Å². The van der Waals surface area contributed by atoms with Crippen LogP contribution in [0, 0.1) is 0 Å². The smallest absolute Gasteiger partial charge is 1.00 e. The van der Waals surface area contributed by atoms with E-state index in [1.54, 1.807) is 0 Å². The van der Waals surface area contributed by atoms with E-state index in [2.05, 4.69) is 81.7 Å². The van der Waals surface area contributed by atoms with Crippen LogP contribution in [0.2, 0.25) is 0 Å². The molecule has 8 heteroatoms. The Labute approximate surface area is 109 Å². The molecule has 0 atom stereocenters. The third-order valence-electron chi connectivity index (χ3n) is 0. The van der Waals surface area contributed by atoms with Crippen LogP contribution in [0.3, 0.4) is 0 Å². The maximum atomic E-state index is 3.34. The van der Waals surface area contributed by atoms with Crippen LogP contribution in [-0.2, 0) is 0.665 Å². The van der Waals surface area contributed by atoms with Crippen LogP contribution in [0.25, 0.3) is 0 Å². The van der Waals surface area contributed by atoms with Crippen LogP contribution < -0.4 is 29.6 Å². The molecular formula is Br6NaRh+. The van der Waals surface area contributed by atoms with Crippen LogP contribution in [0.15, 0.2) is 0 Å². The first kappa shape index (κ1) is 15.0. The summed E-state index contributed by atoms with van der Waals surface area (Å²) >= 11 is 20.0. The summed E-state index contributed by atoms with van der Waals surface area (Å²) in [4.78, 5) is 0. The molecule has 0 amide bonds. The number of hydrogen-bond donors (Lipinski definition) is 0. The summed E-state index contributed by atoms with van der Waals surface area (Å²) in [6.07, 6.45) is 0. The van der Waals surface area contributed by atoms with Crippen LogP contribution in [-0.4, -0.2) is 0 Å². The van der Waals surface area contributed by atoms with Crippen molar-refractivity contribution < 1.29 is 30.2 Å². The molecule has 0 nitrogen and oxygen atoms in total. The average Bonchev–Trinajstić information content (AvgIpc) is 0.592. The third kappa shape index (κ3) is 46.8. The Morgan fingerprint density at radius 3 is 0.625 bits per heavy atom. The molecule has 0 N–H and O–H groups in total. The fourth-order valence-corrected chi connectivity index (χ4v) is 0. The van der Waals surface area contributed by atoms with Crippen molar-refractivity contribution in [3.63, 3.8) is 0 Å². The molecule has 0 fully saturated rings. The Hall–Kier alpha value is 4.50. The zero-order valence-electron chi connectivity index (χ0n) is 3.60. The number of rotatable bonds is 0. The van der Waals surface area contributed by atoms with Crippen LogP contribution in [0.1, 0.15) is 0 Å². The summed E-state index contributed by atoms with van der Waals surface area (Å²) in [6, 6.07) is 0. The van der Waals surface area contributed by atoms with Crippen LogP contribution >= 0.6 is 81.7 Å². The SMILES string of the molecule is [Br][Rh]([Br])([Br])([Br])([Br])[Br].[Na+]. The van der Waals surface area contributed by atoms with Gasteiger partial charge >= 0.3 is 112 Å². The maximum absolute atomic E-state index is 3.34. The van der Waals surface area contributed by atoms with E-state index in [4.69, 9.17) is 0 Å². The predicted octanol–water partition coefficient (Wildman–Crippen LogP) is 2.08. The largest absolute Gasteiger partial charge is 1.00 e. The molecule has 0 aliphatic carbocycles. The van der Waals surface area contributed by atoms with Gasteiger partial charge in [0.05, 0.1) is 0 Å². The second-order valence-corrected chi connectivity index (χ2v) is 114. The maximum Gasteiger partial charge on any atom is 1.00 e. The zero-order valence-corrected chi connectivity index (χ0v) is 16.8. The van der Waals surface area contributed by atoms with E-state index < -0.39 is 0.665 Å². The van der Waals surface area contributed by atoms with E-state index in [1.165, 1.54) is 0 Å². The Morgan fingerprint density at radius 1 is 0.625 bits per heavy atom. The van der Waals surface area contributed by atoms with E-state index in [0.29, 0.717) is 0 Å². The Bertz CT molecular complexity index is 67.1. The van der Waals surface area contributed by atoms with Crippen molar-refractivity contribution in [2.24, 2.45) is 0 Å². The molecule has 0 saturated heterocycles. The molecule has 0 rings (SSSR count). The molecule has 0 radical (unpaired) electrons. The van der Waals surface area contributed by atoms with Gasteiger partial charge in [0.15, 0.2) is 0 Å². The Balaban J connectivity index is 0. The summed E-state index contributed by atoms with van der Waals surface area (Å²) in [5.41, 5.74) is 0. The molecule has 0 aromatic carbocycles. The molecule has 0 heterocycles. The average molecular weight is 605 g/mol. The van der Waals surface area contributed by atoms with Crippen molar-refractivity contribution in [1.82, 2.24) is 0 Å². The number of halogens is 6. The van der Waals surface area contributed by atoms with Gasteiger partial charge in [-0.2, -0.15) is 0 Å². The minimum absolute atomic E-state index is 0. The van der Waals surface area contributed by atoms with Gasteiger partial charge < -0.3 is 0 Å². The third-order valence-corrected chi connectivity index (χ3v) is 0. The van der Waals surface area contributed by atoms with Crippen molar-refractivity contribution in [3.8, 4) is 0 Å². The molecular weight excluding hydrogens is 605 g/mol. The van der Waals surface area contributed by atoms with Crippen molar-refractivity contribution in [2.75, 3.05) is 0 Å². The monoisotopic (exact) mass is 599 g/mol. The normalized spacial score (nSPS) is 20.2.